The van der Waals surface area contributed by atoms with Crippen LogP contribution in [0.5, 0.6) is 17.2 Å². The van der Waals surface area contributed by atoms with E-state index in [0.29, 0.717) is 122 Å². The summed E-state index contributed by atoms with van der Waals surface area (Å²) >= 11 is 0. The molecule has 4 aromatic carbocycles. The number of aliphatic hydroxyl groups excluding tert-OH is 1. The number of carbonyl (C=O) groups excluding carboxylic acids is 2. The number of ether oxygens (including phenoxy) is 5. The number of halogens is 3. The van der Waals surface area contributed by atoms with Crippen molar-refractivity contribution in [1.82, 2.24) is 19.8 Å². The molecular formula is C62H61F3N6O10. The van der Waals surface area contributed by atoms with Gasteiger partial charge in [-0.15, -0.1) is 0 Å². The molecule has 2 aliphatic rings. The van der Waals surface area contributed by atoms with Gasteiger partial charge in [-0.3, -0.25) is 19.6 Å². The molecule has 4 aromatic heterocycles. The first-order valence-corrected chi connectivity index (χ1v) is 26.0. The van der Waals surface area contributed by atoms with Crippen LogP contribution in [0.15, 0.2) is 106 Å². The number of aliphatic hydroxyl groups is 1. The summed E-state index contributed by atoms with van der Waals surface area (Å²) in [7, 11) is 9.68. The van der Waals surface area contributed by atoms with Crippen LogP contribution in [-0.4, -0.2) is 118 Å². The topological polar surface area (TPSA) is 207 Å². The summed E-state index contributed by atoms with van der Waals surface area (Å²) in [5.41, 5.74) is 5.42. The van der Waals surface area contributed by atoms with Crippen LogP contribution in [0.2, 0.25) is 0 Å². The van der Waals surface area contributed by atoms with Crippen molar-refractivity contribution in [3.8, 4) is 74.3 Å². The number of carbonyl (C=O) groups is 2. The van der Waals surface area contributed by atoms with Crippen LogP contribution < -0.4 is 14.2 Å². The quantitative estimate of drug-likeness (QED) is 0.135. The van der Waals surface area contributed by atoms with E-state index < -0.39 is 23.0 Å². The highest BCUT2D eigenvalue weighted by Crippen LogP contribution is 2.41. The Balaban J connectivity index is 0.000000187. The molecule has 19 heteroatoms. The molecule has 2 amide bonds. The second-order valence-corrected chi connectivity index (χ2v) is 20.5. The number of amides is 2. The minimum absolute atomic E-state index is 0.0561. The molecule has 420 valence electrons. The third kappa shape index (κ3) is 12.5. The third-order valence-corrected chi connectivity index (χ3v) is 14.1. The van der Waals surface area contributed by atoms with E-state index in [1.807, 2.05) is 27.7 Å². The maximum Gasteiger partial charge on any atom is 0.253 e. The van der Waals surface area contributed by atoms with Gasteiger partial charge in [-0.1, -0.05) is 27.7 Å². The Morgan fingerprint density at radius 3 is 1.44 bits per heavy atom. The largest absolute Gasteiger partial charge is 0.496 e. The molecule has 2 saturated heterocycles. The lowest BCUT2D eigenvalue weighted by atomic mass is 9.92. The van der Waals surface area contributed by atoms with Crippen LogP contribution in [0.3, 0.4) is 0 Å². The number of hydrogen-bond donors (Lipinski definition) is 1. The van der Waals surface area contributed by atoms with E-state index >= 15 is 4.39 Å². The van der Waals surface area contributed by atoms with Crippen LogP contribution >= 0.6 is 0 Å². The molecule has 4 unspecified atom stereocenters. The Hall–Kier alpha value is -8.75. The molecule has 0 radical (unpaired) electrons. The molecule has 0 bridgehead atoms. The first-order valence-electron chi connectivity index (χ1n) is 26.0. The summed E-state index contributed by atoms with van der Waals surface area (Å²) in [5, 5.41) is 28.4. The van der Waals surface area contributed by atoms with Gasteiger partial charge in [0.15, 0.2) is 34.4 Å². The minimum Gasteiger partial charge on any atom is -0.496 e. The molecule has 16 nitrogen and oxygen atoms in total. The van der Waals surface area contributed by atoms with Crippen molar-refractivity contribution in [2.45, 2.75) is 39.9 Å². The SMILES string of the molecule is CC1COCC(C)C1O.COc1cc(C(=O)N(C)C)ccc1-c1cc2nccc(-c3cc(F)c(F)c(C#N)c3)c2o1.COc1cc(C(=O)N(C)C)ccc1-c1cc2nccc(-c3cc(F)c(OC4C(C)COCC4C)c(C#N)c3)c2o1. The zero-order chi connectivity index (χ0) is 58.4. The number of benzene rings is 4. The predicted molar refractivity (Wildman–Crippen MR) is 297 cm³/mol. The average molecular weight is 1110 g/mol. The van der Waals surface area contributed by atoms with E-state index in [1.165, 1.54) is 42.3 Å². The lowest BCUT2D eigenvalue weighted by Crippen LogP contribution is -2.41. The fourth-order valence-electron chi connectivity index (χ4n) is 9.70. The Labute approximate surface area is 466 Å². The molecule has 0 spiro atoms. The van der Waals surface area contributed by atoms with Crippen LogP contribution in [0.4, 0.5) is 13.2 Å². The Kier molecular flexibility index (Phi) is 18.1. The molecule has 4 atom stereocenters. The Bertz CT molecular complexity index is 3700. The van der Waals surface area contributed by atoms with Gasteiger partial charge in [-0.25, -0.2) is 13.2 Å². The van der Waals surface area contributed by atoms with Gasteiger partial charge < -0.3 is 47.4 Å². The first kappa shape index (κ1) is 58.4. The lowest BCUT2D eigenvalue weighted by Gasteiger charge is -2.34. The smallest absolute Gasteiger partial charge is 0.253 e. The number of fused-ring (bicyclic) bond motifs is 2. The van der Waals surface area contributed by atoms with Crippen molar-refractivity contribution in [3.63, 3.8) is 0 Å². The average Bonchev–Trinajstić information content (AvgIpc) is 4.14. The molecule has 2 fully saturated rings. The van der Waals surface area contributed by atoms with Crippen LogP contribution in [0.1, 0.15) is 59.5 Å². The van der Waals surface area contributed by atoms with Gasteiger partial charge in [-0.05, 0) is 83.9 Å². The predicted octanol–water partition coefficient (Wildman–Crippen LogP) is 11.6. The van der Waals surface area contributed by atoms with Gasteiger partial charge in [0.25, 0.3) is 11.8 Å². The highest BCUT2D eigenvalue weighted by Gasteiger charge is 2.33. The number of nitrogens with zero attached hydrogens (tertiary/aromatic N) is 6. The van der Waals surface area contributed by atoms with Crippen LogP contribution in [-0.2, 0) is 9.47 Å². The summed E-state index contributed by atoms with van der Waals surface area (Å²) in [6.07, 6.45) is 2.70. The van der Waals surface area contributed by atoms with E-state index in [1.54, 1.807) is 107 Å². The number of nitriles is 2. The van der Waals surface area contributed by atoms with E-state index in [9.17, 15) is 28.7 Å². The molecular weight excluding hydrogens is 1050 g/mol. The standard InChI is InChI=1S/C31H30FN3O5.C24H17F2N3O3.C7H14O2/c1-17-15-38-16-18(2)28(17)40-29-21(14-33)10-20(11-24(29)32)22-8-9-34-25-13-27(39-30(22)25)23-7-6-19(12-26(23)37-5)31(36)35(3)4;1-29(2)24(30)13-4-5-17(20(10-13)31-3)21-11-19-23(32-21)16(6-7-28-19)14-8-15(12-27)22(26)18(25)9-14;1-5-3-9-4-6(2)7(5)8/h6-13,17-18,28H,15-16H2,1-5H3;4-11H,1-3H3;5-8H,3-4H2,1-2H3. The van der Waals surface area contributed by atoms with Crippen LogP contribution in [0, 0.1) is 63.8 Å². The van der Waals surface area contributed by atoms with Crippen molar-refractivity contribution in [3.05, 3.63) is 137 Å². The van der Waals surface area contributed by atoms with Gasteiger partial charge in [0.05, 0.1) is 69.0 Å². The summed E-state index contributed by atoms with van der Waals surface area (Å²) in [6.45, 7) is 10.5. The molecule has 6 heterocycles. The number of pyridine rings is 2. The lowest BCUT2D eigenvalue weighted by molar-refractivity contribution is -0.0670. The van der Waals surface area contributed by atoms with Gasteiger partial charge in [-0.2, -0.15) is 10.5 Å². The number of aromatic nitrogens is 2. The molecule has 0 aliphatic carbocycles. The maximum absolute atomic E-state index is 15.5. The summed E-state index contributed by atoms with van der Waals surface area (Å²) in [6, 6.07) is 25.8. The summed E-state index contributed by atoms with van der Waals surface area (Å²) in [4.78, 5) is 36.3. The van der Waals surface area contributed by atoms with Crippen molar-refractivity contribution in [2.24, 2.45) is 23.7 Å². The number of furan rings is 2. The van der Waals surface area contributed by atoms with Crippen molar-refractivity contribution in [2.75, 3.05) is 68.8 Å². The molecule has 81 heavy (non-hydrogen) atoms. The minimum atomic E-state index is -1.20. The maximum atomic E-state index is 15.5. The molecule has 1 N–H and O–H groups in total. The van der Waals surface area contributed by atoms with Gasteiger partial charge in [0.2, 0.25) is 0 Å². The molecule has 10 rings (SSSR count). The van der Waals surface area contributed by atoms with E-state index in [4.69, 9.17) is 37.8 Å². The molecule has 0 saturated carbocycles. The molecule has 2 aliphatic heterocycles. The van der Waals surface area contributed by atoms with E-state index in [2.05, 4.69) is 16.0 Å². The van der Waals surface area contributed by atoms with Crippen molar-refractivity contribution in [1.29, 1.82) is 10.5 Å². The number of hydrogen-bond acceptors (Lipinski definition) is 14. The Morgan fingerprint density at radius 1 is 0.593 bits per heavy atom. The van der Waals surface area contributed by atoms with E-state index in [-0.39, 0.29) is 52.7 Å². The van der Waals surface area contributed by atoms with Crippen molar-refractivity contribution < 1.29 is 60.4 Å². The fourth-order valence-corrected chi connectivity index (χ4v) is 9.70. The second-order valence-electron chi connectivity index (χ2n) is 20.5. The zero-order valence-corrected chi connectivity index (χ0v) is 46.5. The van der Waals surface area contributed by atoms with Crippen LogP contribution in [0.25, 0.3) is 67.1 Å². The van der Waals surface area contributed by atoms with Gasteiger partial charge in [0, 0.05) is 98.6 Å². The summed E-state index contributed by atoms with van der Waals surface area (Å²) in [5.74, 6) is -0.800. The van der Waals surface area contributed by atoms with E-state index in [0.717, 1.165) is 6.07 Å². The van der Waals surface area contributed by atoms with Gasteiger partial charge >= 0.3 is 0 Å². The first-order chi connectivity index (χ1) is 38.8. The Morgan fingerprint density at radius 2 is 1.02 bits per heavy atom. The monoisotopic (exact) mass is 1110 g/mol. The fraction of sp³-hybridized carbons (Fsp3) is 0.323. The van der Waals surface area contributed by atoms with Gasteiger partial charge in [0.1, 0.15) is 52.3 Å². The second kappa shape index (κ2) is 25.1. The van der Waals surface area contributed by atoms with Crippen molar-refractivity contribution >= 4 is 34.0 Å². The number of methoxy groups -OCH3 is 2. The normalized spacial score (nSPS) is 18.5. The third-order valence-electron chi connectivity index (χ3n) is 14.1. The molecule has 8 aromatic rings. The summed E-state index contributed by atoms with van der Waals surface area (Å²) < 4.78 is 83.5. The highest BCUT2D eigenvalue weighted by molar-refractivity contribution is 5.98. The highest BCUT2D eigenvalue weighted by atomic mass is 19.2. The zero-order valence-electron chi connectivity index (χ0n) is 46.5. The number of rotatable bonds is 10.